The van der Waals surface area contributed by atoms with E-state index in [2.05, 4.69) is 0 Å². The van der Waals surface area contributed by atoms with Crippen LogP contribution in [0.15, 0.2) is 10.1 Å². The topological polar surface area (TPSA) is 37.4 Å². The molecule has 0 aromatic rings. The number of amides is 2. The van der Waals surface area contributed by atoms with Gasteiger partial charge in [-0.05, 0) is 0 Å². The van der Waals surface area contributed by atoms with Crippen LogP contribution in [0.5, 0.6) is 0 Å². The molecule has 0 aromatic heterocycles. The van der Waals surface area contributed by atoms with E-state index in [1.165, 1.54) is 0 Å². The highest BCUT2D eigenvalue weighted by Crippen LogP contribution is 2.26. The first kappa shape index (κ1) is 8.84. The molecule has 2 amide bonds. The van der Waals surface area contributed by atoms with Gasteiger partial charge in [0.15, 0.2) is 0 Å². The second kappa shape index (κ2) is 3.01. The second-order valence-electron chi connectivity index (χ2n) is 1.79. The summed E-state index contributed by atoms with van der Waals surface area (Å²) in [5.41, 5.74) is 0. The van der Waals surface area contributed by atoms with Crippen molar-refractivity contribution >= 4 is 46.6 Å². The van der Waals surface area contributed by atoms with Crippen LogP contribution in [0.4, 0.5) is 0 Å². The molecule has 0 aliphatic carbocycles. The van der Waals surface area contributed by atoms with Crippen molar-refractivity contribution in [2.75, 3.05) is 6.00 Å². The number of hydrogen-bond acceptors (Lipinski definition) is 2. The van der Waals surface area contributed by atoms with E-state index in [9.17, 15) is 9.59 Å². The monoisotopic (exact) mass is 213 g/mol. The fourth-order valence-electron chi connectivity index (χ4n) is 0.626. The Morgan fingerprint density at radius 2 is 1.45 bits per heavy atom. The van der Waals surface area contributed by atoms with Crippen LogP contribution in [-0.4, -0.2) is 22.7 Å². The lowest BCUT2D eigenvalue weighted by Crippen LogP contribution is -2.29. The average Bonchev–Trinajstić information content (AvgIpc) is 2.17. The lowest BCUT2D eigenvalue weighted by atomic mass is 10.5. The molecule has 0 bridgehead atoms. The number of rotatable bonds is 1. The zero-order valence-electron chi connectivity index (χ0n) is 5.10. The molecule has 1 rings (SSSR count). The Kier molecular flexibility index (Phi) is 2.42. The van der Waals surface area contributed by atoms with Crippen molar-refractivity contribution in [2.45, 2.75) is 0 Å². The van der Waals surface area contributed by atoms with Gasteiger partial charge in [-0.25, -0.2) is 0 Å². The number of imide groups is 1. The Morgan fingerprint density at radius 1 is 1.09 bits per heavy atom. The Bertz CT molecular complexity index is 236. The summed E-state index contributed by atoms with van der Waals surface area (Å²) in [5, 5.41) is -0.533. The minimum Gasteiger partial charge on any atom is -0.267 e. The molecule has 0 saturated heterocycles. The second-order valence-corrected chi connectivity index (χ2v) is 2.78. The van der Waals surface area contributed by atoms with Crippen molar-refractivity contribution in [1.29, 1.82) is 0 Å². The normalized spacial score (nSPS) is 18.6. The van der Waals surface area contributed by atoms with Crippen LogP contribution < -0.4 is 0 Å². The van der Waals surface area contributed by atoms with Gasteiger partial charge < -0.3 is 0 Å². The lowest BCUT2D eigenvalue weighted by Gasteiger charge is -2.07. The quantitative estimate of drug-likeness (QED) is 0.374. The lowest BCUT2D eigenvalue weighted by molar-refractivity contribution is -0.135. The van der Waals surface area contributed by atoms with Gasteiger partial charge in [-0.1, -0.05) is 23.2 Å². The number of carbonyl (C=O) groups excluding carboxylic acids is 2. The van der Waals surface area contributed by atoms with Crippen molar-refractivity contribution in [3.63, 3.8) is 0 Å². The summed E-state index contributed by atoms with van der Waals surface area (Å²) in [6, 6.07) is -0.232. The summed E-state index contributed by atoms with van der Waals surface area (Å²) >= 11 is 16.0. The third-order valence-corrected chi connectivity index (χ3v) is 2.22. The summed E-state index contributed by atoms with van der Waals surface area (Å²) in [5.74, 6) is -1.28. The number of halogens is 3. The van der Waals surface area contributed by atoms with Crippen LogP contribution in [0, 0.1) is 0 Å². The molecule has 0 N–H and O–H groups in total. The smallest absolute Gasteiger partial charge is 0.267 e. The van der Waals surface area contributed by atoms with Gasteiger partial charge in [0, 0.05) is 0 Å². The van der Waals surface area contributed by atoms with Gasteiger partial charge in [0.05, 0.1) is 0 Å². The number of nitrogens with zero attached hydrogens (tertiary/aromatic N) is 1. The highest BCUT2D eigenvalue weighted by Gasteiger charge is 2.35. The average molecular weight is 214 g/mol. The first-order valence-corrected chi connectivity index (χ1v) is 3.86. The van der Waals surface area contributed by atoms with Crippen molar-refractivity contribution in [2.24, 2.45) is 0 Å². The maximum absolute atomic E-state index is 10.9. The van der Waals surface area contributed by atoms with Gasteiger partial charge in [-0.15, -0.1) is 11.6 Å². The first-order valence-electron chi connectivity index (χ1n) is 2.57. The van der Waals surface area contributed by atoms with Crippen molar-refractivity contribution < 1.29 is 9.59 Å². The van der Waals surface area contributed by atoms with Crippen LogP contribution in [0.25, 0.3) is 0 Å². The van der Waals surface area contributed by atoms with E-state index in [-0.39, 0.29) is 16.1 Å². The van der Waals surface area contributed by atoms with Gasteiger partial charge >= 0.3 is 0 Å². The third kappa shape index (κ3) is 1.24. The Morgan fingerprint density at radius 3 is 1.64 bits per heavy atom. The van der Waals surface area contributed by atoms with E-state index in [0.717, 1.165) is 4.90 Å². The minimum atomic E-state index is -0.642. The molecule has 0 unspecified atom stereocenters. The van der Waals surface area contributed by atoms with Crippen LogP contribution in [-0.2, 0) is 9.59 Å². The summed E-state index contributed by atoms with van der Waals surface area (Å²) in [7, 11) is 0. The Balaban J connectivity index is 3.02. The molecule has 0 radical (unpaired) electrons. The maximum Gasteiger partial charge on any atom is 0.275 e. The molecule has 1 aliphatic rings. The fourth-order valence-corrected chi connectivity index (χ4v) is 1.21. The molecule has 60 valence electrons. The largest absolute Gasteiger partial charge is 0.275 e. The third-order valence-electron chi connectivity index (χ3n) is 1.18. The van der Waals surface area contributed by atoms with Crippen molar-refractivity contribution in [3.05, 3.63) is 10.1 Å². The van der Waals surface area contributed by atoms with E-state index in [0.29, 0.717) is 0 Å². The van der Waals surface area contributed by atoms with Gasteiger partial charge in [0.1, 0.15) is 16.1 Å². The summed E-state index contributed by atoms with van der Waals surface area (Å²) in [6.07, 6.45) is 0. The van der Waals surface area contributed by atoms with Crippen LogP contribution >= 0.6 is 34.8 Å². The molecule has 0 spiro atoms. The van der Waals surface area contributed by atoms with E-state index >= 15 is 0 Å². The molecule has 0 saturated carbocycles. The first-order chi connectivity index (χ1) is 5.09. The van der Waals surface area contributed by atoms with E-state index in [4.69, 9.17) is 34.8 Å². The van der Waals surface area contributed by atoms with Crippen LogP contribution in [0.3, 0.4) is 0 Å². The molecule has 1 aliphatic heterocycles. The van der Waals surface area contributed by atoms with Crippen LogP contribution in [0.1, 0.15) is 0 Å². The Labute approximate surface area is 77.5 Å². The summed E-state index contributed by atoms with van der Waals surface area (Å²) in [4.78, 5) is 22.6. The predicted molar refractivity (Wildman–Crippen MR) is 41.3 cm³/mol. The van der Waals surface area contributed by atoms with Crippen LogP contribution in [0.2, 0.25) is 0 Å². The van der Waals surface area contributed by atoms with E-state index in [1.54, 1.807) is 0 Å². The molecular weight excluding hydrogens is 212 g/mol. The number of carbonyl (C=O) groups is 2. The van der Waals surface area contributed by atoms with Gasteiger partial charge in [-0.2, -0.15) is 0 Å². The SMILES string of the molecule is O=C1C(Cl)=C(Cl)C(=O)N1CCl. The van der Waals surface area contributed by atoms with Gasteiger partial charge in [0.2, 0.25) is 0 Å². The molecular formula is C5H2Cl3NO2. The fraction of sp³-hybridized carbons (Fsp3) is 0.200. The highest BCUT2D eigenvalue weighted by atomic mass is 35.5. The zero-order chi connectivity index (χ0) is 8.59. The summed E-state index contributed by atoms with van der Waals surface area (Å²) in [6.45, 7) is 0. The number of hydrogen-bond donors (Lipinski definition) is 0. The van der Waals surface area contributed by atoms with Gasteiger partial charge in [0.25, 0.3) is 11.8 Å². The van der Waals surface area contributed by atoms with E-state index in [1.807, 2.05) is 0 Å². The molecule has 3 nitrogen and oxygen atoms in total. The van der Waals surface area contributed by atoms with Gasteiger partial charge in [-0.3, -0.25) is 14.5 Å². The number of alkyl halides is 1. The summed E-state index contributed by atoms with van der Waals surface area (Å²) < 4.78 is 0. The predicted octanol–water partition coefficient (Wildman–Crippen LogP) is 1.24. The zero-order valence-corrected chi connectivity index (χ0v) is 7.37. The molecule has 1 heterocycles. The van der Waals surface area contributed by atoms with Crippen molar-refractivity contribution in [1.82, 2.24) is 4.90 Å². The standard InChI is InChI=1S/C5H2Cl3NO2/c6-1-9-4(10)2(7)3(8)5(9)11/h1H2. The highest BCUT2D eigenvalue weighted by molar-refractivity contribution is 6.58. The Hall–Kier alpha value is -0.250. The molecule has 0 atom stereocenters. The molecule has 11 heavy (non-hydrogen) atoms. The maximum atomic E-state index is 10.9. The molecule has 6 heteroatoms. The molecule has 0 fully saturated rings. The molecule has 0 aromatic carbocycles. The van der Waals surface area contributed by atoms with Crippen molar-refractivity contribution in [3.8, 4) is 0 Å². The minimum absolute atomic E-state index is 0.232. The van der Waals surface area contributed by atoms with E-state index < -0.39 is 11.8 Å².